The van der Waals surface area contributed by atoms with Crippen LogP contribution in [0.3, 0.4) is 0 Å². The van der Waals surface area contributed by atoms with Gasteiger partial charge in [-0.2, -0.15) is 0 Å². The molecule has 0 bridgehead atoms. The van der Waals surface area contributed by atoms with E-state index in [4.69, 9.17) is 0 Å². The highest BCUT2D eigenvalue weighted by atomic mass is 16.2. The average molecular weight is 343 g/mol. The van der Waals surface area contributed by atoms with Crippen LogP contribution >= 0.6 is 0 Å². The first-order valence-electron chi connectivity index (χ1n) is 8.82. The van der Waals surface area contributed by atoms with Gasteiger partial charge in [0.15, 0.2) is 0 Å². The standard InChI is InChI=1S/C22H21N3O/c1-2-3-16-25(17-8-11-18-9-5-4-6-10-18)22(26)19-12-7-13-20-21(19)24-15-14-23-20/h4-7,9-10,12-15H,2-3,16-17H2,1H3. The molecule has 0 saturated heterocycles. The van der Waals surface area contributed by atoms with Gasteiger partial charge in [0.25, 0.3) is 5.91 Å². The van der Waals surface area contributed by atoms with E-state index in [-0.39, 0.29) is 5.91 Å². The van der Waals surface area contributed by atoms with Gasteiger partial charge in [0, 0.05) is 24.5 Å². The van der Waals surface area contributed by atoms with Crippen LogP contribution < -0.4 is 0 Å². The molecule has 4 nitrogen and oxygen atoms in total. The van der Waals surface area contributed by atoms with Gasteiger partial charge >= 0.3 is 0 Å². The average Bonchev–Trinajstić information content (AvgIpc) is 2.70. The Kier molecular flexibility index (Phi) is 5.95. The fraction of sp³-hybridized carbons (Fsp3) is 0.227. The van der Waals surface area contributed by atoms with Gasteiger partial charge in [-0.1, -0.05) is 49.5 Å². The second kappa shape index (κ2) is 8.77. The summed E-state index contributed by atoms with van der Waals surface area (Å²) in [4.78, 5) is 23.5. The largest absolute Gasteiger partial charge is 0.327 e. The van der Waals surface area contributed by atoms with Gasteiger partial charge in [0.1, 0.15) is 5.52 Å². The van der Waals surface area contributed by atoms with Crippen LogP contribution in [0.4, 0.5) is 0 Å². The third-order valence-corrected chi connectivity index (χ3v) is 4.07. The number of aromatic nitrogens is 2. The predicted octanol–water partition coefficient (Wildman–Crippen LogP) is 3.92. The quantitative estimate of drug-likeness (QED) is 0.660. The first-order chi connectivity index (χ1) is 12.8. The lowest BCUT2D eigenvalue weighted by atomic mass is 10.1. The third kappa shape index (κ3) is 4.25. The first kappa shape index (κ1) is 17.6. The maximum Gasteiger partial charge on any atom is 0.256 e. The molecular formula is C22H21N3O. The number of para-hydroxylation sites is 1. The SMILES string of the molecule is CCCCN(CC#Cc1ccccc1)C(=O)c1cccc2nccnc12. The van der Waals surface area contributed by atoms with Gasteiger partial charge < -0.3 is 4.90 Å². The van der Waals surface area contributed by atoms with Crippen LogP contribution in [0.2, 0.25) is 0 Å². The smallest absolute Gasteiger partial charge is 0.256 e. The van der Waals surface area contributed by atoms with Gasteiger partial charge in [-0.3, -0.25) is 14.8 Å². The number of amides is 1. The number of carbonyl (C=O) groups excluding carboxylic acids is 1. The summed E-state index contributed by atoms with van der Waals surface area (Å²) in [6.07, 6.45) is 5.21. The molecule has 26 heavy (non-hydrogen) atoms. The van der Waals surface area contributed by atoms with Crippen LogP contribution in [0.1, 0.15) is 35.7 Å². The van der Waals surface area contributed by atoms with Crippen molar-refractivity contribution in [1.82, 2.24) is 14.9 Å². The van der Waals surface area contributed by atoms with Crippen LogP contribution in [0.25, 0.3) is 11.0 Å². The number of fused-ring (bicyclic) bond motifs is 1. The molecular weight excluding hydrogens is 322 g/mol. The maximum absolute atomic E-state index is 13.1. The molecule has 1 heterocycles. The van der Waals surface area contributed by atoms with Gasteiger partial charge in [-0.25, -0.2) is 0 Å². The van der Waals surface area contributed by atoms with E-state index < -0.39 is 0 Å². The molecule has 0 saturated carbocycles. The van der Waals surface area contributed by atoms with E-state index in [2.05, 4.69) is 28.7 Å². The highest BCUT2D eigenvalue weighted by molar-refractivity contribution is 6.04. The number of rotatable bonds is 5. The third-order valence-electron chi connectivity index (χ3n) is 4.07. The van der Waals surface area contributed by atoms with E-state index in [0.29, 0.717) is 24.2 Å². The number of unbranched alkanes of at least 4 members (excludes halogenated alkanes) is 1. The topological polar surface area (TPSA) is 46.1 Å². The second-order valence-corrected chi connectivity index (χ2v) is 5.98. The molecule has 130 valence electrons. The van der Waals surface area contributed by atoms with Crippen molar-refractivity contribution in [3.63, 3.8) is 0 Å². The Bertz CT molecular complexity index is 936. The lowest BCUT2D eigenvalue weighted by Crippen LogP contribution is -2.32. The summed E-state index contributed by atoms with van der Waals surface area (Å²) in [5, 5.41) is 0. The number of benzene rings is 2. The monoisotopic (exact) mass is 343 g/mol. The molecule has 0 atom stereocenters. The molecule has 0 spiro atoms. The van der Waals surface area contributed by atoms with E-state index in [1.165, 1.54) is 0 Å². The summed E-state index contributed by atoms with van der Waals surface area (Å²) >= 11 is 0. The summed E-state index contributed by atoms with van der Waals surface area (Å²) in [7, 11) is 0. The van der Waals surface area contributed by atoms with Crippen LogP contribution in [0.5, 0.6) is 0 Å². The van der Waals surface area contributed by atoms with Gasteiger partial charge in [-0.15, -0.1) is 0 Å². The zero-order chi connectivity index (χ0) is 18.2. The van der Waals surface area contributed by atoms with Crippen molar-refractivity contribution in [2.24, 2.45) is 0 Å². The molecule has 3 rings (SSSR count). The second-order valence-electron chi connectivity index (χ2n) is 5.98. The Morgan fingerprint density at radius 3 is 2.65 bits per heavy atom. The first-order valence-corrected chi connectivity index (χ1v) is 8.82. The van der Waals surface area contributed by atoms with Crippen LogP contribution in [-0.2, 0) is 0 Å². The van der Waals surface area contributed by atoms with E-state index >= 15 is 0 Å². The molecule has 0 fully saturated rings. The fourth-order valence-electron chi connectivity index (χ4n) is 2.70. The molecule has 2 aromatic carbocycles. The molecule has 1 amide bonds. The van der Waals surface area contributed by atoms with Crippen LogP contribution in [0, 0.1) is 11.8 Å². The number of hydrogen-bond acceptors (Lipinski definition) is 3. The maximum atomic E-state index is 13.1. The summed E-state index contributed by atoms with van der Waals surface area (Å²) in [5.74, 6) is 6.20. The molecule has 0 N–H and O–H groups in total. The normalized spacial score (nSPS) is 10.2. The lowest BCUT2D eigenvalue weighted by Gasteiger charge is -2.20. The van der Waals surface area contributed by atoms with Crippen LogP contribution in [-0.4, -0.2) is 33.9 Å². The molecule has 0 radical (unpaired) electrons. The minimum Gasteiger partial charge on any atom is -0.327 e. The Labute approximate surface area is 153 Å². The minimum absolute atomic E-state index is 0.0492. The summed E-state index contributed by atoms with van der Waals surface area (Å²) in [6, 6.07) is 15.3. The van der Waals surface area contributed by atoms with E-state index in [0.717, 1.165) is 23.9 Å². The van der Waals surface area contributed by atoms with Crippen LogP contribution in [0.15, 0.2) is 60.9 Å². The van der Waals surface area contributed by atoms with Crippen molar-refractivity contribution in [2.45, 2.75) is 19.8 Å². The Morgan fingerprint density at radius 1 is 1.04 bits per heavy atom. The molecule has 0 aliphatic carbocycles. The van der Waals surface area contributed by atoms with Crippen molar-refractivity contribution in [1.29, 1.82) is 0 Å². The van der Waals surface area contributed by atoms with E-state index in [9.17, 15) is 4.79 Å². The molecule has 0 aliphatic rings. The Balaban J connectivity index is 1.84. The number of hydrogen-bond donors (Lipinski definition) is 0. The van der Waals surface area contributed by atoms with E-state index in [1.54, 1.807) is 17.3 Å². The van der Waals surface area contributed by atoms with Crippen molar-refractivity contribution >= 4 is 16.9 Å². The Hall–Kier alpha value is -3.19. The van der Waals surface area contributed by atoms with Crippen molar-refractivity contribution in [2.75, 3.05) is 13.1 Å². The fourth-order valence-corrected chi connectivity index (χ4v) is 2.70. The van der Waals surface area contributed by atoms with E-state index in [1.807, 2.05) is 48.5 Å². The minimum atomic E-state index is -0.0492. The van der Waals surface area contributed by atoms with Crippen molar-refractivity contribution < 1.29 is 4.79 Å². The highest BCUT2D eigenvalue weighted by Crippen LogP contribution is 2.16. The Morgan fingerprint density at radius 2 is 1.85 bits per heavy atom. The molecule has 4 heteroatoms. The molecule has 0 aliphatic heterocycles. The summed E-state index contributed by atoms with van der Waals surface area (Å²) in [6.45, 7) is 3.18. The number of nitrogens with zero attached hydrogens (tertiary/aromatic N) is 3. The molecule has 3 aromatic rings. The highest BCUT2D eigenvalue weighted by Gasteiger charge is 2.17. The number of carbonyl (C=O) groups is 1. The van der Waals surface area contributed by atoms with Gasteiger partial charge in [0.05, 0.1) is 17.6 Å². The molecule has 0 unspecified atom stereocenters. The van der Waals surface area contributed by atoms with Crippen molar-refractivity contribution in [3.8, 4) is 11.8 Å². The predicted molar refractivity (Wildman–Crippen MR) is 104 cm³/mol. The summed E-state index contributed by atoms with van der Waals surface area (Å²) in [5.41, 5.74) is 2.89. The van der Waals surface area contributed by atoms with Gasteiger partial charge in [-0.05, 0) is 30.7 Å². The lowest BCUT2D eigenvalue weighted by molar-refractivity contribution is 0.0776. The van der Waals surface area contributed by atoms with Gasteiger partial charge in [0.2, 0.25) is 0 Å². The zero-order valence-electron chi connectivity index (χ0n) is 14.9. The molecule has 1 aromatic heterocycles. The summed E-state index contributed by atoms with van der Waals surface area (Å²) < 4.78 is 0. The zero-order valence-corrected chi connectivity index (χ0v) is 14.9. The van der Waals surface area contributed by atoms with Crippen molar-refractivity contribution in [3.05, 3.63) is 72.1 Å².